The van der Waals surface area contributed by atoms with E-state index in [1.54, 1.807) is 19.2 Å². The molecule has 0 atom stereocenters. The fourth-order valence-electron chi connectivity index (χ4n) is 2.59. The Bertz CT molecular complexity index is 547. The van der Waals surface area contributed by atoms with Crippen molar-refractivity contribution in [2.45, 2.75) is 38.6 Å². The zero-order valence-corrected chi connectivity index (χ0v) is 15.8. The zero-order valence-electron chi connectivity index (χ0n) is 14.2. The van der Waals surface area contributed by atoms with E-state index < -0.39 is 0 Å². The van der Waals surface area contributed by atoms with Crippen LogP contribution in [0, 0.1) is 0 Å². The maximum absolute atomic E-state index is 12.6. The van der Waals surface area contributed by atoms with Crippen molar-refractivity contribution in [2.75, 3.05) is 26.8 Å². The van der Waals surface area contributed by atoms with E-state index in [-0.39, 0.29) is 24.4 Å². The van der Waals surface area contributed by atoms with Crippen LogP contribution in [0.1, 0.15) is 43.0 Å². The molecule has 1 aromatic rings. The third-order valence-electron chi connectivity index (χ3n) is 4.05. The van der Waals surface area contributed by atoms with E-state index in [0.29, 0.717) is 41.8 Å². The molecule has 1 aliphatic heterocycles. The number of piperidine rings is 1. The number of hydrogen-bond acceptors (Lipinski definition) is 4. The molecule has 1 amide bonds. The second-order valence-electron chi connectivity index (χ2n) is 5.82. The number of nitrogens with two attached hydrogens (primary N) is 1. The lowest BCUT2D eigenvalue weighted by Gasteiger charge is -2.30. The molecule has 0 radical (unpaired) electrons. The highest BCUT2D eigenvalue weighted by atomic mass is 35.5. The number of ether oxygens (including phenoxy) is 2. The summed E-state index contributed by atoms with van der Waals surface area (Å²) in [6.07, 6.45) is 3.63. The van der Waals surface area contributed by atoms with Crippen LogP contribution in [-0.2, 0) is 0 Å². The Hall–Kier alpha value is -1.17. The first-order chi connectivity index (χ1) is 11.1. The minimum atomic E-state index is -0.0443. The van der Waals surface area contributed by atoms with Crippen molar-refractivity contribution in [3.8, 4) is 11.5 Å². The molecule has 0 aliphatic carbocycles. The molecule has 0 bridgehead atoms. The van der Waals surface area contributed by atoms with Crippen LogP contribution in [0.2, 0.25) is 5.02 Å². The average Bonchev–Trinajstić information content (AvgIpc) is 2.56. The van der Waals surface area contributed by atoms with Gasteiger partial charge in [-0.3, -0.25) is 4.79 Å². The Morgan fingerprint density at radius 1 is 1.38 bits per heavy atom. The maximum Gasteiger partial charge on any atom is 0.254 e. The molecular formula is C17H26Cl2N2O3. The van der Waals surface area contributed by atoms with Crippen LogP contribution >= 0.6 is 24.0 Å². The third kappa shape index (κ3) is 5.16. The number of amides is 1. The third-order valence-corrected chi connectivity index (χ3v) is 4.33. The van der Waals surface area contributed by atoms with E-state index in [4.69, 9.17) is 26.8 Å². The molecule has 1 aliphatic rings. The average molecular weight is 377 g/mol. The minimum absolute atomic E-state index is 0. The van der Waals surface area contributed by atoms with E-state index in [1.165, 1.54) is 0 Å². The van der Waals surface area contributed by atoms with Crippen molar-refractivity contribution in [2.24, 2.45) is 5.73 Å². The summed E-state index contributed by atoms with van der Waals surface area (Å²) in [4.78, 5) is 14.4. The van der Waals surface area contributed by atoms with E-state index in [9.17, 15) is 4.79 Å². The molecule has 0 spiro atoms. The first-order valence-corrected chi connectivity index (χ1v) is 8.49. The lowest BCUT2D eigenvalue weighted by molar-refractivity contribution is 0.0714. The number of likely N-dealkylation sites (tertiary alicyclic amines) is 1. The second kappa shape index (κ2) is 9.97. The largest absolute Gasteiger partial charge is 0.493 e. The van der Waals surface area contributed by atoms with Gasteiger partial charge in [0.2, 0.25) is 0 Å². The molecule has 7 heteroatoms. The predicted molar refractivity (Wildman–Crippen MR) is 98.8 cm³/mol. The molecule has 1 fully saturated rings. The molecule has 0 saturated carbocycles. The van der Waals surface area contributed by atoms with Crippen LogP contribution < -0.4 is 15.2 Å². The van der Waals surface area contributed by atoms with Gasteiger partial charge in [-0.05, 0) is 31.4 Å². The number of halogens is 2. The monoisotopic (exact) mass is 376 g/mol. The van der Waals surface area contributed by atoms with Gasteiger partial charge in [0, 0.05) is 24.7 Å². The topological polar surface area (TPSA) is 64.8 Å². The molecule has 2 rings (SSSR count). The quantitative estimate of drug-likeness (QED) is 0.771. The Morgan fingerprint density at radius 3 is 2.62 bits per heavy atom. The molecule has 24 heavy (non-hydrogen) atoms. The summed E-state index contributed by atoms with van der Waals surface area (Å²) >= 11 is 6.30. The van der Waals surface area contributed by atoms with Crippen LogP contribution in [0.25, 0.3) is 0 Å². The summed E-state index contributed by atoms with van der Waals surface area (Å²) in [6, 6.07) is 3.54. The highest BCUT2D eigenvalue weighted by molar-refractivity contribution is 6.32. The summed E-state index contributed by atoms with van der Waals surface area (Å²) in [6.45, 7) is 4.02. The van der Waals surface area contributed by atoms with Gasteiger partial charge in [-0.15, -0.1) is 12.4 Å². The van der Waals surface area contributed by atoms with Crippen molar-refractivity contribution >= 4 is 29.9 Å². The first-order valence-electron chi connectivity index (χ1n) is 8.12. The van der Waals surface area contributed by atoms with Gasteiger partial charge >= 0.3 is 0 Å². The van der Waals surface area contributed by atoms with Gasteiger partial charge in [0.15, 0.2) is 11.5 Å². The molecule has 5 nitrogen and oxygen atoms in total. The standard InChI is InChI=1S/C17H25ClN2O3.ClH/c1-3-4-9-23-16-14(18)10-12(11-15(16)22-2)17(21)20-7-5-13(19)6-8-20;/h10-11,13H,3-9,19H2,1-2H3;1H. The lowest BCUT2D eigenvalue weighted by Crippen LogP contribution is -2.42. The van der Waals surface area contributed by atoms with Gasteiger partial charge in [-0.25, -0.2) is 0 Å². The number of unbranched alkanes of at least 4 members (excludes halogenated alkanes) is 1. The number of methoxy groups -OCH3 is 1. The van der Waals surface area contributed by atoms with Crippen LogP contribution in [0.5, 0.6) is 11.5 Å². The number of carbonyl (C=O) groups excluding carboxylic acids is 1. The predicted octanol–water partition coefficient (Wildman–Crippen LogP) is 3.51. The molecule has 0 unspecified atom stereocenters. The summed E-state index contributed by atoms with van der Waals surface area (Å²) in [5.74, 6) is 0.947. The number of benzene rings is 1. The summed E-state index contributed by atoms with van der Waals surface area (Å²) in [5.41, 5.74) is 6.41. The number of nitrogens with zero attached hydrogens (tertiary/aromatic N) is 1. The number of carbonyl (C=O) groups is 1. The highest BCUT2D eigenvalue weighted by Gasteiger charge is 2.23. The van der Waals surface area contributed by atoms with E-state index in [2.05, 4.69) is 6.92 Å². The normalized spacial score (nSPS) is 14.9. The lowest BCUT2D eigenvalue weighted by atomic mass is 10.0. The van der Waals surface area contributed by atoms with Crippen molar-refractivity contribution < 1.29 is 14.3 Å². The van der Waals surface area contributed by atoms with Crippen LogP contribution in [0.4, 0.5) is 0 Å². The molecule has 0 aromatic heterocycles. The van der Waals surface area contributed by atoms with Crippen molar-refractivity contribution in [3.05, 3.63) is 22.7 Å². The Morgan fingerprint density at radius 2 is 2.04 bits per heavy atom. The molecule has 1 heterocycles. The van der Waals surface area contributed by atoms with Gasteiger partial charge < -0.3 is 20.1 Å². The summed E-state index contributed by atoms with van der Waals surface area (Å²) in [7, 11) is 1.55. The Kier molecular flexibility index (Phi) is 8.67. The van der Waals surface area contributed by atoms with E-state index in [0.717, 1.165) is 25.7 Å². The van der Waals surface area contributed by atoms with Crippen molar-refractivity contribution in [3.63, 3.8) is 0 Å². The van der Waals surface area contributed by atoms with Gasteiger partial charge in [0.05, 0.1) is 18.7 Å². The first kappa shape index (κ1) is 20.9. The summed E-state index contributed by atoms with van der Waals surface area (Å²) in [5, 5.41) is 0.400. The van der Waals surface area contributed by atoms with Crippen LogP contribution in [-0.4, -0.2) is 43.7 Å². The molecule has 1 aromatic carbocycles. The second-order valence-corrected chi connectivity index (χ2v) is 6.23. The number of rotatable bonds is 6. The fourth-order valence-corrected chi connectivity index (χ4v) is 2.85. The molecule has 2 N–H and O–H groups in total. The van der Waals surface area contributed by atoms with Crippen LogP contribution in [0.3, 0.4) is 0 Å². The molecule has 1 saturated heterocycles. The Labute approximate surface area is 154 Å². The zero-order chi connectivity index (χ0) is 16.8. The van der Waals surface area contributed by atoms with E-state index in [1.807, 2.05) is 4.90 Å². The molecular weight excluding hydrogens is 351 g/mol. The highest BCUT2D eigenvalue weighted by Crippen LogP contribution is 2.37. The number of hydrogen-bond donors (Lipinski definition) is 1. The Balaban J connectivity index is 0.00000288. The smallest absolute Gasteiger partial charge is 0.254 e. The summed E-state index contributed by atoms with van der Waals surface area (Å²) < 4.78 is 11.0. The fraction of sp³-hybridized carbons (Fsp3) is 0.588. The van der Waals surface area contributed by atoms with Gasteiger partial charge in [-0.1, -0.05) is 24.9 Å². The van der Waals surface area contributed by atoms with Gasteiger partial charge in [-0.2, -0.15) is 0 Å². The van der Waals surface area contributed by atoms with Gasteiger partial charge in [0.1, 0.15) is 0 Å². The SMILES string of the molecule is CCCCOc1c(Cl)cc(C(=O)N2CCC(N)CC2)cc1OC.Cl. The van der Waals surface area contributed by atoms with Crippen LogP contribution in [0.15, 0.2) is 12.1 Å². The minimum Gasteiger partial charge on any atom is -0.493 e. The van der Waals surface area contributed by atoms with Crippen molar-refractivity contribution in [1.29, 1.82) is 0 Å². The maximum atomic E-state index is 12.6. The van der Waals surface area contributed by atoms with Crippen molar-refractivity contribution in [1.82, 2.24) is 4.90 Å². The van der Waals surface area contributed by atoms with Gasteiger partial charge in [0.25, 0.3) is 5.91 Å². The van der Waals surface area contributed by atoms with E-state index >= 15 is 0 Å². The molecule has 136 valence electrons.